The molecule has 13 heteroatoms. The lowest BCUT2D eigenvalue weighted by Gasteiger charge is -2.31. The van der Waals surface area contributed by atoms with E-state index in [9.17, 15) is 18.0 Å². The Balaban J connectivity index is 1.76. The highest BCUT2D eigenvalue weighted by Crippen LogP contribution is 2.35. The first kappa shape index (κ1) is 21.1. The smallest absolute Gasteiger partial charge is 0.419 e. The van der Waals surface area contributed by atoms with E-state index in [0.29, 0.717) is 6.20 Å². The van der Waals surface area contributed by atoms with E-state index in [0.717, 1.165) is 11.0 Å². The molecule has 2 aromatic rings. The number of nitrogens with one attached hydrogen (secondary N) is 2. The number of anilines is 3. The molecule has 1 saturated heterocycles. The monoisotopic (exact) mass is 423 g/mol. The summed E-state index contributed by atoms with van der Waals surface area (Å²) in [6.45, 7) is 0.369. The van der Waals surface area contributed by atoms with Gasteiger partial charge >= 0.3 is 12.3 Å². The largest absolute Gasteiger partial charge is 0.465 e. The molecule has 0 spiro atoms. The fourth-order valence-corrected chi connectivity index (χ4v) is 2.72. The van der Waals surface area contributed by atoms with Crippen LogP contribution >= 0.6 is 0 Å². The van der Waals surface area contributed by atoms with Gasteiger partial charge in [-0.15, -0.1) is 0 Å². The Hall–Kier alpha value is -3.66. The fraction of sp³-hybridized carbons (Fsp3) is 0.353. The van der Waals surface area contributed by atoms with Crippen molar-refractivity contribution < 1.29 is 27.8 Å². The van der Waals surface area contributed by atoms with E-state index >= 15 is 0 Å². The lowest BCUT2D eigenvalue weighted by atomic mass is 10.2. The normalized spacial score (nSPS) is 16.6. The number of hydrogen-bond acceptors (Lipinski definition) is 8. The van der Waals surface area contributed by atoms with Crippen LogP contribution in [-0.2, 0) is 10.9 Å². The molecule has 30 heavy (non-hydrogen) atoms. The van der Waals surface area contributed by atoms with Gasteiger partial charge in [0.05, 0.1) is 42.9 Å². The van der Waals surface area contributed by atoms with Gasteiger partial charge in [0, 0.05) is 25.4 Å². The Labute approximate surface area is 168 Å². The summed E-state index contributed by atoms with van der Waals surface area (Å²) < 4.78 is 45.5. The maximum absolute atomic E-state index is 13.4. The molecular weight excluding hydrogens is 407 g/mol. The van der Waals surface area contributed by atoms with Gasteiger partial charge in [-0.2, -0.15) is 18.4 Å². The molecule has 10 nitrogen and oxygen atoms in total. The van der Waals surface area contributed by atoms with Crippen LogP contribution in [0, 0.1) is 11.3 Å². The number of pyridine rings is 1. The predicted molar refractivity (Wildman–Crippen MR) is 97.1 cm³/mol. The van der Waals surface area contributed by atoms with Crippen LogP contribution in [0.5, 0.6) is 0 Å². The van der Waals surface area contributed by atoms with Gasteiger partial charge in [-0.25, -0.2) is 19.7 Å². The van der Waals surface area contributed by atoms with E-state index in [1.165, 1.54) is 12.4 Å². The van der Waals surface area contributed by atoms with Gasteiger partial charge in [0.25, 0.3) is 0 Å². The average Bonchev–Trinajstić information content (AvgIpc) is 2.72. The SMILES string of the molecule is N#Cc1cnc(Nc2cc(NC[C@H]3CN(C(=O)O)CCO3)c(C(F)(F)F)cn2)cn1. The lowest BCUT2D eigenvalue weighted by molar-refractivity contribution is -0.137. The summed E-state index contributed by atoms with van der Waals surface area (Å²) in [5.74, 6) is 0.265. The highest BCUT2D eigenvalue weighted by atomic mass is 19.4. The minimum Gasteiger partial charge on any atom is -0.465 e. The molecule has 0 radical (unpaired) electrons. The zero-order chi connectivity index (χ0) is 21.7. The number of morpholine rings is 1. The highest BCUT2D eigenvalue weighted by Gasteiger charge is 2.34. The highest BCUT2D eigenvalue weighted by molar-refractivity contribution is 5.65. The Kier molecular flexibility index (Phi) is 6.17. The summed E-state index contributed by atoms with van der Waals surface area (Å²) in [6, 6.07) is 2.96. The number of rotatable bonds is 5. The minimum absolute atomic E-state index is 0.0347. The molecule has 3 N–H and O–H groups in total. The van der Waals surface area contributed by atoms with E-state index in [-0.39, 0.29) is 49.3 Å². The lowest BCUT2D eigenvalue weighted by Crippen LogP contribution is -2.47. The third-order valence-corrected chi connectivity index (χ3v) is 4.16. The summed E-state index contributed by atoms with van der Waals surface area (Å²) in [7, 11) is 0. The van der Waals surface area contributed by atoms with Crippen molar-refractivity contribution in [2.75, 3.05) is 36.9 Å². The summed E-state index contributed by atoms with van der Waals surface area (Å²) in [6.07, 6.45) is -3.24. The van der Waals surface area contributed by atoms with E-state index in [2.05, 4.69) is 25.6 Å². The second-order valence-corrected chi connectivity index (χ2v) is 6.24. The Bertz CT molecular complexity index is 947. The van der Waals surface area contributed by atoms with Crippen molar-refractivity contribution in [2.24, 2.45) is 0 Å². The van der Waals surface area contributed by atoms with Gasteiger partial charge in [0.2, 0.25) is 0 Å². The Morgan fingerprint density at radius 3 is 2.70 bits per heavy atom. The second-order valence-electron chi connectivity index (χ2n) is 6.24. The van der Waals surface area contributed by atoms with Gasteiger partial charge in [-0.3, -0.25) is 0 Å². The molecule has 0 aromatic carbocycles. The maximum atomic E-state index is 13.4. The molecule has 1 fully saturated rings. The second kappa shape index (κ2) is 8.78. The summed E-state index contributed by atoms with van der Waals surface area (Å²) in [4.78, 5) is 23.7. The van der Waals surface area contributed by atoms with E-state index < -0.39 is 23.9 Å². The number of carboxylic acid groups (broad SMARTS) is 1. The summed E-state index contributed by atoms with van der Waals surface area (Å²) >= 11 is 0. The van der Waals surface area contributed by atoms with E-state index in [4.69, 9.17) is 15.1 Å². The fourth-order valence-electron chi connectivity index (χ4n) is 2.72. The average molecular weight is 423 g/mol. The summed E-state index contributed by atoms with van der Waals surface area (Å²) in [5.41, 5.74) is -1.14. The van der Waals surface area contributed by atoms with Crippen LogP contribution in [0.2, 0.25) is 0 Å². The van der Waals surface area contributed by atoms with Gasteiger partial charge in [-0.05, 0) is 0 Å². The van der Waals surface area contributed by atoms with E-state index in [1.54, 1.807) is 6.07 Å². The third-order valence-electron chi connectivity index (χ3n) is 4.16. The number of carbonyl (C=O) groups is 1. The van der Waals surface area contributed by atoms with Crippen molar-refractivity contribution in [2.45, 2.75) is 12.3 Å². The molecule has 2 aromatic heterocycles. The minimum atomic E-state index is -4.65. The molecule has 0 aliphatic carbocycles. The number of nitriles is 1. The Morgan fingerprint density at radius 1 is 1.30 bits per heavy atom. The topological polar surface area (TPSA) is 136 Å². The zero-order valence-electron chi connectivity index (χ0n) is 15.3. The standard InChI is InChI=1S/C17H16F3N7O3/c18-17(19,20)12-7-25-14(26-15-8-22-10(4-21)5-24-15)3-13(12)23-6-11-9-27(16(28)29)1-2-30-11/h3,5,7-8,11H,1-2,6,9H2,(H,28,29)(H2,23,24,25,26)/t11-/m0/s1. The molecule has 1 amide bonds. The van der Waals surface area contributed by atoms with Crippen LogP contribution < -0.4 is 10.6 Å². The molecule has 0 saturated carbocycles. The number of aromatic nitrogens is 3. The number of amides is 1. The molecule has 0 bridgehead atoms. The molecular formula is C17H16F3N7O3. The van der Waals surface area contributed by atoms with Crippen LogP contribution in [0.4, 0.5) is 35.3 Å². The van der Waals surface area contributed by atoms with Gasteiger partial charge in [-0.1, -0.05) is 0 Å². The first-order chi connectivity index (χ1) is 14.3. The van der Waals surface area contributed by atoms with Crippen LogP contribution in [0.3, 0.4) is 0 Å². The first-order valence-electron chi connectivity index (χ1n) is 8.66. The van der Waals surface area contributed by atoms with E-state index in [1.807, 2.05) is 0 Å². The first-order valence-corrected chi connectivity index (χ1v) is 8.66. The zero-order valence-corrected chi connectivity index (χ0v) is 15.3. The van der Waals surface area contributed by atoms with Crippen molar-refractivity contribution in [3.05, 3.63) is 35.9 Å². The number of hydrogen-bond donors (Lipinski definition) is 3. The van der Waals surface area contributed by atoms with Crippen LogP contribution in [0.15, 0.2) is 24.7 Å². The van der Waals surface area contributed by atoms with Crippen molar-refractivity contribution in [1.29, 1.82) is 5.26 Å². The number of alkyl halides is 3. The van der Waals surface area contributed by atoms with Gasteiger partial charge < -0.3 is 25.4 Å². The van der Waals surface area contributed by atoms with Crippen LogP contribution in [0.1, 0.15) is 11.3 Å². The van der Waals surface area contributed by atoms with Crippen molar-refractivity contribution in [3.8, 4) is 6.07 Å². The van der Waals surface area contributed by atoms with Gasteiger partial charge in [0.15, 0.2) is 5.69 Å². The molecule has 0 unspecified atom stereocenters. The maximum Gasteiger partial charge on any atom is 0.419 e. The Morgan fingerprint density at radius 2 is 2.07 bits per heavy atom. The number of nitrogens with zero attached hydrogens (tertiary/aromatic N) is 5. The molecule has 158 valence electrons. The van der Waals surface area contributed by atoms with Gasteiger partial charge in [0.1, 0.15) is 17.7 Å². The van der Waals surface area contributed by atoms with Crippen molar-refractivity contribution in [1.82, 2.24) is 19.9 Å². The molecule has 3 rings (SSSR count). The third kappa shape index (κ3) is 5.23. The predicted octanol–water partition coefficient (Wildman–Crippen LogP) is 2.30. The number of ether oxygens (including phenoxy) is 1. The molecule has 1 aliphatic heterocycles. The van der Waals surface area contributed by atoms with Crippen LogP contribution in [-0.4, -0.2) is 63.4 Å². The van der Waals surface area contributed by atoms with Crippen molar-refractivity contribution >= 4 is 23.4 Å². The van der Waals surface area contributed by atoms with Crippen LogP contribution in [0.25, 0.3) is 0 Å². The van der Waals surface area contributed by atoms with Crippen molar-refractivity contribution in [3.63, 3.8) is 0 Å². The quantitative estimate of drug-likeness (QED) is 0.662. The molecule has 3 heterocycles. The molecule has 1 aliphatic rings. The number of halogens is 3. The molecule has 1 atom stereocenters. The summed E-state index contributed by atoms with van der Waals surface area (Å²) in [5, 5.41) is 23.2.